The number of carboxylic acids is 1. The quantitative estimate of drug-likeness (QED) is 0.380. The Hall–Kier alpha value is -3.98. The van der Waals surface area contributed by atoms with E-state index in [2.05, 4.69) is 0 Å². The van der Waals surface area contributed by atoms with E-state index in [4.69, 9.17) is 21.4 Å². The van der Waals surface area contributed by atoms with Gasteiger partial charge in [0.15, 0.2) is 0 Å². The van der Waals surface area contributed by atoms with E-state index in [1.54, 1.807) is 19.1 Å². The van der Waals surface area contributed by atoms with Gasteiger partial charge in [-0.15, -0.1) is 0 Å². The number of ether oxygens (including phenoxy) is 1. The van der Waals surface area contributed by atoms with Crippen molar-refractivity contribution in [1.82, 2.24) is 0 Å². The van der Waals surface area contributed by atoms with Gasteiger partial charge in [-0.1, -0.05) is 23.7 Å². The molecule has 0 aliphatic carbocycles. The summed E-state index contributed by atoms with van der Waals surface area (Å²) in [5, 5.41) is 20.2. The number of aromatic carboxylic acids is 1. The van der Waals surface area contributed by atoms with Crippen molar-refractivity contribution in [2.24, 2.45) is 0 Å². The van der Waals surface area contributed by atoms with Crippen LogP contribution in [0.25, 0.3) is 0 Å². The molecule has 8 nitrogen and oxygen atoms in total. The molecule has 0 saturated carbocycles. The van der Waals surface area contributed by atoms with Crippen LogP contribution in [0.5, 0.6) is 5.75 Å². The fourth-order valence-corrected chi connectivity index (χ4v) is 2.96. The number of nitro groups is 1. The van der Waals surface area contributed by atoms with E-state index in [0.29, 0.717) is 10.7 Å². The lowest BCUT2D eigenvalue weighted by molar-refractivity contribution is -0.384. The second-order valence-electron chi connectivity index (χ2n) is 6.75. The fraction of sp³-hybridized carbons (Fsp3) is 0.0909. The van der Waals surface area contributed by atoms with Crippen molar-refractivity contribution in [3.05, 3.63) is 98.3 Å². The number of amides is 1. The molecule has 32 heavy (non-hydrogen) atoms. The summed E-state index contributed by atoms with van der Waals surface area (Å²) in [6.45, 7) is 1.49. The molecule has 0 heterocycles. The topological polar surface area (TPSA) is 110 Å². The molecule has 0 aliphatic heterocycles. The maximum atomic E-state index is 14.5. The molecular formula is C22H16ClFN2O6. The first kappa shape index (κ1) is 22.7. The van der Waals surface area contributed by atoms with Crippen LogP contribution in [-0.2, 0) is 6.54 Å². The largest absolute Gasteiger partial charge is 0.478 e. The smallest absolute Gasteiger partial charge is 0.420 e. The Morgan fingerprint density at radius 2 is 1.81 bits per heavy atom. The molecule has 10 heteroatoms. The van der Waals surface area contributed by atoms with Gasteiger partial charge in [-0.2, -0.15) is 0 Å². The second-order valence-corrected chi connectivity index (χ2v) is 7.16. The van der Waals surface area contributed by atoms with Gasteiger partial charge in [0.1, 0.15) is 11.6 Å². The van der Waals surface area contributed by atoms with Gasteiger partial charge < -0.3 is 9.84 Å². The fourth-order valence-electron chi connectivity index (χ4n) is 2.78. The number of aryl methyl sites for hydroxylation is 1. The predicted octanol–water partition coefficient (Wildman–Crippen LogP) is 5.60. The van der Waals surface area contributed by atoms with Crippen molar-refractivity contribution in [2.75, 3.05) is 4.90 Å². The number of rotatable bonds is 6. The highest BCUT2D eigenvalue weighted by molar-refractivity contribution is 6.31. The summed E-state index contributed by atoms with van der Waals surface area (Å²) in [5.41, 5.74) is 0.717. The standard InChI is InChI=1S/C22H16ClFN2O6/c1-13-2-5-17(11-19(13)23)25(12-15-4-3-14(21(27)28)10-20(15)24)22(29)32-18-8-6-16(7-9-18)26(30)31/h2-11H,12H2,1H3,(H,27,28). The van der Waals surface area contributed by atoms with Crippen molar-refractivity contribution in [2.45, 2.75) is 13.5 Å². The van der Waals surface area contributed by atoms with Crippen molar-refractivity contribution in [3.63, 3.8) is 0 Å². The van der Waals surface area contributed by atoms with Gasteiger partial charge in [-0.3, -0.25) is 15.0 Å². The van der Waals surface area contributed by atoms with E-state index in [0.717, 1.165) is 16.5 Å². The molecule has 0 saturated heterocycles. The summed E-state index contributed by atoms with van der Waals surface area (Å²) in [6, 6.07) is 13.0. The summed E-state index contributed by atoms with van der Waals surface area (Å²) in [5.74, 6) is -2.04. The van der Waals surface area contributed by atoms with Crippen LogP contribution in [0.4, 0.5) is 20.6 Å². The minimum Gasteiger partial charge on any atom is -0.478 e. The molecule has 0 unspecified atom stereocenters. The van der Waals surface area contributed by atoms with E-state index >= 15 is 0 Å². The highest BCUT2D eigenvalue weighted by atomic mass is 35.5. The number of halogens is 2. The number of anilines is 1. The molecule has 164 valence electrons. The Kier molecular flexibility index (Phi) is 6.70. The molecule has 0 spiro atoms. The summed E-state index contributed by atoms with van der Waals surface area (Å²) < 4.78 is 19.8. The Morgan fingerprint density at radius 3 is 2.38 bits per heavy atom. The van der Waals surface area contributed by atoms with Crippen LogP contribution in [0.15, 0.2) is 60.7 Å². The van der Waals surface area contributed by atoms with Gasteiger partial charge in [0, 0.05) is 28.4 Å². The highest BCUT2D eigenvalue weighted by Crippen LogP contribution is 2.27. The van der Waals surface area contributed by atoms with Crippen LogP contribution in [0.3, 0.4) is 0 Å². The summed E-state index contributed by atoms with van der Waals surface area (Å²) in [6.07, 6.45) is -0.888. The summed E-state index contributed by atoms with van der Waals surface area (Å²) in [7, 11) is 0. The minimum atomic E-state index is -1.28. The zero-order valence-electron chi connectivity index (χ0n) is 16.6. The average Bonchev–Trinajstić information content (AvgIpc) is 2.75. The first-order valence-corrected chi connectivity index (χ1v) is 9.55. The van der Waals surface area contributed by atoms with Gasteiger partial charge in [0.05, 0.1) is 17.0 Å². The van der Waals surface area contributed by atoms with Gasteiger partial charge in [0.2, 0.25) is 0 Å². The number of carbonyl (C=O) groups excluding carboxylic acids is 1. The van der Waals surface area contributed by atoms with E-state index in [1.165, 1.54) is 42.5 Å². The Balaban J connectivity index is 1.93. The molecule has 0 atom stereocenters. The minimum absolute atomic E-state index is 0.0468. The molecule has 3 aromatic carbocycles. The third-order valence-corrected chi connectivity index (χ3v) is 4.98. The van der Waals surface area contributed by atoms with Crippen LogP contribution in [0.1, 0.15) is 21.5 Å². The van der Waals surface area contributed by atoms with E-state index in [-0.39, 0.29) is 29.1 Å². The second kappa shape index (κ2) is 9.44. The van der Waals surface area contributed by atoms with Crippen molar-refractivity contribution in [3.8, 4) is 5.75 Å². The zero-order chi connectivity index (χ0) is 23.4. The number of nitrogens with zero attached hydrogens (tertiary/aromatic N) is 2. The van der Waals surface area contributed by atoms with E-state index in [9.17, 15) is 24.1 Å². The molecule has 1 N–H and O–H groups in total. The molecule has 1 amide bonds. The lowest BCUT2D eigenvalue weighted by Gasteiger charge is -2.23. The molecule has 0 fully saturated rings. The third kappa shape index (κ3) is 5.19. The van der Waals surface area contributed by atoms with Gasteiger partial charge in [-0.25, -0.2) is 14.0 Å². The van der Waals surface area contributed by atoms with Gasteiger partial charge >= 0.3 is 12.1 Å². The first-order valence-electron chi connectivity index (χ1n) is 9.17. The third-order valence-electron chi connectivity index (χ3n) is 4.57. The van der Waals surface area contributed by atoms with E-state index in [1.807, 2.05) is 0 Å². The Bertz CT molecular complexity index is 1200. The number of hydrogen-bond donors (Lipinski definition) is 1. The van der Waals surface area contributed by atoms with Crippen LogP contribution < -0.4 is 9.64 Å². The van der Waals surface area contributed by atoms with Crippen molar-refractivity contribution >= 4 is 35.0 Å². The molecule has 0 radical (unpaired) electrons. The summed E-state index contributed by atoms with van der Waals surface area (Å²) in [4.78, 5) is 35.3. The SMILES string of the molecule is Cc1ccc(N(Cc2ccc(C(=O)O)cc2F)C(=O)Oc2ccc([N+](=O)[O-])cc2)cc1Cl. The summed E-state index contributed by atoms with van der Waals surface area (Å²) >= 11 is 6.18. The molecule has 3 rings (SSSR count). The molecular weight excluding hydrogens is 443 g/mol. The predicted molar refractivity (Wildman–Crippen MR) is 115 cm³/mol. The number of hydrogen-bond acceptors (Lipinski definition) is 5. The molecule has 0 aliphatic rings. The average molecular weight is 459 g/mol. The van der Waals surface area contributed by atoms with Crippen LogP contribution in [0.2, 0.25) is 5.02 Å². The van der Waals surface area contributed by atoms with Crippen LogP contribution >= 0.6 is 11.6 Å². The molecule has 0 aromatic heterocycles. The number of nitro benzene ring substituents is 1. The van der Waals surface area contributed by atoms with Gasteiger partial charge in [0.25, 0.3) is 5.69 Å². The maximum absolute atomic E-state index is 14.5. The highest BCUT2D eigenvalue weighted by Gasteiger charge is 2.22. The van der Waals surface area contributed by atoms with Crippen LogP contribution in [0, 0.1) is 22.9 Å². The molecule has 0 bridgehead atoms. The number of benzene rings is 3. The van der Waals surface area contributed by atoms with Crippen molar-refractivity contribution in [1.29, 1.82) is 0 Å². The number of non-ortho nitro benzene ring substituents is 1. The monoisotopic (exact) mass is 458 g/mol. The van der Waals surface area contributed by atoms with Crippen LogP contribution in [-0.4, -0.2) is 22.1 Å². The molecule has 3 aromatic rings. The van der Waals surface area contributed by atoms with Gasteiger partial charge in [-0.05, 0) is 48.9 Å². The lowest BCUT2D eigenvalue weighted by Crippen LogP contribution is -2.33. The normalized spacial score (nSPS) is 10.5. The zero-order valence-corrected chi connectivity index (χ0v) is 17.4. The Morgan fingerprint density at radius 1 is 1.12 bits per heavy atom. The Labute approximate surface area is 186 Å². The lowest BCUT2D eigenvalue weighted by atomic mass is 10.1. The van der Waals surface area contributed by atoms with Crippen molar-refractivity contribution < 1.29 is 28.7 Å². The maximum Gasteiger partial charge on any atom is 0.420 e. The first-order chi connectivity index (χ1) is 15.2. The number of carboxylic acid groups (broad SMARTS) is 1. The van der Waals surface area contributed by atoms with E-state index < -0.39 is 22.8 Å². The number of carbonyl (C=O) groups is 2.